The van der Waals surface area contributed by atoms with E-state index >= 15 is 0 Å². The van der Waals surface area contributed by atoms with Crippen LogP contribution in [0.25, 0.3) is 0 Å². The Morgan fingerprint density at radius 3 is 2.42 bits per heavy atom. The van der Waals surface area contributed by atoms with Gasteiger partial charge in [0.15, 0.2) is 11.6 Å². The van der Waals surface area contributed by atoms with Crippen LogP contribution in [-0.4, -0.2) is 16.6 Å². The third-order valence-electron chi connectivity index (χ3n) is 4.42. The highest BCUT2D eigenvalue weighted by atomic mass is 35.5. The van der Waals surface area contributed by atoms with Gasteiger partial charge in [-0.25, -0.2) is 4.98 Å². The Labute approximate surface area is 146 Å². The van der Waals surface area contributed by atoms with Gasteiger partial charge in [-0.3, -0.25) is 9.59 Å². The van der Waals surface area contributed by atoms with Crippen LogP contribution in [0.15, 0.2) is 42.1 Å². The van der Waals surface area contributed by atoms with Crippen LogP contribution in [0.1, 0.15) is 33.7 Å². The van der Waals surface area contributed by atoms with Crippen molar-refractivity contribution in [2.75, 3.05) is 0 Å². The number of allylic oxidation sites excluding steroid dienone is 2. The van der Waals surface area contributed by atoms with Gasteiger partial charge in [0.25, 0.3) is 0 Å². The molecule has 1 aromatic carbocycles. The van der Waals surface area contributed by atoms with Crippen LogP contribution < -0.4 is 0 Å². The Hall–Kier alpha value is -2.26. The second-order valence-corrected chi connectivity index (χ2v) is 6.67. The van der Waals surface area contributed by atoms with E-state index < -0.39 is 5.92 Å². The van der Waals surface area contributed by atoms with E-state index in [0.717, 1.165) is 27.8 Å². The van der Waals surface area contributed by atoms with Crippen molar-refractivity contribution in [3.63, 3.8) is 0 Å². The molecule has 0 N–H and O–H groups in total. The summed E-state index contributed by atoms with van der Waals surface area (Å²) in [7, 11) is 0. The van der Waals surface area contributed by atoms with E-state index in [-0.39, 0.29) is 11.6 Å². The minimum Gasteiger partial charge on any atom is -0.294 e. The molecule has 24 heavy (non-hydrogen) atoms. The second kappa shape index (κ2) is 6.33. The van der Waals surface area contributed by atoms with E-state index in [0.29, 0.717) is 17.1 Å². The monoisotopic (exact) mass is 339 g/mol. The largest absolute Gasteiger partial charge is 0.294 e. The topological polar surface area (TPSA) is 47.0 Å². The van der Waals surface area contributed by atoms with Crippen LogP contribution in [0.2, 0.25) is 5.15 Å². The first-order valence-electron chi connectivity index (χ1n) is 7.84. The van der Waals surface area contributed by atoms with Crippen molar-refractivity contribution in [3.05, 3.63) is 75.1 Å². The summed E-state index contributed by atoms with van der Waals surface area (Å²) in [6.07, 6.45) is 3.40. The number of hydrogen-bond donors (Lipinski definition) is 0. The number of aryl methyl sites for hydroxylation is 3. The molecule has 1 aliphatic carbocycles. The van der Waals surface area contributed by atoms with Crippen LogP contribution in [0.3, 0.4) is 0 Å². The minimum atomic E-state index is -0.726. The average molecular weight is 340 g/mol. The lowest BCUT2D eigenvalue weighted by molar-refractivity contribution is -0.122. The number of benzene rings is 1. The standard InChI is InChI=1S/C20H18ClNO2/c1-11-7-12(2)17(13(3)8-11)18-16(23)10-15(19(18)24)9-14-5-4-6-22-20(14)21/h4-8,10,18H,9H2,1-3H3. The third-order valence-corrected chi connectivity index (χ3v) is 4.76. The van der Waals surface area contributed by atoms with Crippen LogP contribution >= 0.6 is 11.6 Å². The van der Waals surface area contributed by atoms with Gasteiger partial charge in [0.1, 0.15) is 11.1 Å². The van der Waals surface area contributed by atoms with Crippen molar-refractivity contribution in [1.29, 1.82) is 0 Å². The highest BCUT2D eigenvalue weighted by molar-refractivity contribution is 6.30. The number of pyridine rings is 1. The van der Waals surface area contributed by atoms with Crippen LogP contribution in [0, 0.1) is 20.8 Å². The van der Waals surface area contributed by atoms with Crippen molar-refractivity contribution in [2.45, 2.75) is 33.1 Å². The molecule has 1 aromatic heterocycles. The molecule has 1 heterocycles. The summed E-state index contributed by atoms with van der Waals surface area (Å²) in [6, 6.07) is 7.62. The molecule has 1 atom stereocenters. The highest BCUT2D eigenvalue weighted by Crippen LogP contribution is 2.34. The van der Waals surface area contributed by atoms with Crippen molar-refractivity contribution < 1.29 is 9.59 Å². The third kappa shape index (κ3) is 2.92. The summed E-state index contributed by atoms with van der Waals surface area (Å²) in [5.41, 5.74) is 5.17. The van der Waals surface area contributed by atoms with E-state index in [4.69, 9.17) is 11.6 Å². The first-order chi connectivity index (χ1) is 11.4. The van der Waals surface area contributed by atoms with Gasteiger partial charge < -0.3 is 0 Å². The number of ketones is 2. The average Bonchev–Trinajstić information content (AvgIpc) is 2.76. The molecule has 122 valence electrons. The molecule has 0 bridgehead atoms. The molecule has 0 radical (unpaired) electrons. The molecule has 1 aliphatic rings. The SMILES string of the molecule is Cc1cc(C)c(C2C(=O)C=C(Cc3cccnc3Cl)C2=O)c(C)c1. The fraction of sp³-hybridized carbons (Fsp3) is 0.250. The smallest absolute Gasteiger partial charge is 0.174 e. The predicted molar refractivity (Wildman–Crippen MR) is 94.4 cm³/mol. The fourth-order valence-electron chi connectivity index (χ4n) is 3.46. The zero-order chi connectivity index (χ0) is 17.4. The molecule has 0 aliphatic heterocycles. The van der Waals surface area contributed by atoms with E-state index in [1.165, 1.54) is 6.08 Å². The molecule has 4 heteroatoms. The first kappa shape index (κ1) is 16.6. The number of carbonyl (C=O) groups is 2. The molecular weight excluding hydrogens is 322 g/mol. The van der Waals surface area contributed by atoms with Crippen molar-refractivity contribution in [3.8, 4) is 0 Å². The number of aromatic nitrogens is 1. The van der Waals surface area contributed by atoms with Gasteiger partial charge in [-0.1, -0.05) is 35.4 Å². The van der Waals surface area contributed by atoms with E-state index in [1.54, 1.807) is 12.3 Å². The number of nitrogens with zero attached hydrogens (tertiary/aromatic N) is 1. The van der Waals surface area contributed by atoms with Gasteiger partial charge in [-0.15, -0.1) is 0 Å². The zero-order valence-electron chi connectivity index (χ0n) is 13.9. The van der Waals surface area contributed by atoms with Gasteiger partial charge in [-0.2, -0.15) is 0 Å². The normalized spacial score (nSPS) is 17.3. The molecule has 0 spiro atoms. The number of hydrogen-bond acceptors (Lipinski definition) is 3. The number of rotatable bonds is 3. The Kier molecular flexibility index (Phi) is 4.37. The Balaban J connectivity index is 1.95. The summed E-state index contributed by atoms with van der Waals surface area (Å²) in [6.45, 7) is 5.91. The molecule has 0 amide bonds. The molecule has 3 nitrogen and oxygen atoms in total. The Morgan fingerprint density at radius 1 is 1.12 bits per heavy atom. The fourth-order valence-corrected chi connectivity index (χ4v) is 3.64. The van der Waals surface area contributed by atoms with Gasteiger partial charge in [-0.05, 0) is 55.2 Å². The minimum absolute atomic E-state index is 0.130. The summed E-state index contributed by atoms with van der Waals surface area (Å²) in [5.74, 6) is -1.00. The number of halogens is 1. The summed E-state index contributed by atoms with van der Waals surface area (Å²) in [5, 5.41) is 0.366. The first-order valence-corrected chi connectivity index (χ1v) is 8.22. The Bertz CT molecular complexity index is 860. The predicted octanol–water partition coefficient (Wildman–Crippen LogP) is 4.06. The molecule has 3 rings (SSSR count). The summed E-state index contributed by atoms with van der Waals surface area (Å²) >= 11 is 6.07. The van der Waals surface area contributed by atoms with Gasteiger partial charge >= 0.3 is 0 Å². The van der Waals surface area contributed by atoms with E-state index in [1.807, 2.05) is 39.0 Å². The molecule has 2 aromatic rings. The van der Waals surface area contributed by atoms with Crippen LogP contribution in [-0.2, 0) is 16.0 Å². The van der Waals surface area contributed by atoms with Crippen molar-refractivity contribution in [1.82, 2.24) is 4.98 Å². The van der Waals surface area contributed by atoms with Crippen molar-refractivity contribution >= 4 is 23.2 Å². The van der Waals surface area contributed by atoms with Crippen LogP contribution in [0.4, 0.5) is 0 Å². The van der Waals surface area contributed by atoms with Gasteiger partial charge in [0, 0.05) is 18.2 Å². The highest BCUT2D eigenvalue weighted by Gasteiger charge is 2.37. The molecule has 0 saturated carbocycles. The maximum absolute atomic E-state index is 12.9. The molecule has 0 fully saturated rings. The Morgan fingerprint density at radius 2 is 1.79 bits per heavy atom. The molecule has 0 saturated heterocycles. The maximum Gasteiger partial charge on any atom is 0.174 e. The lowest BCUT2D eigenvalue weighted by Gasteiger charge is -2.16. The molecular formula is C20H18ClNO2. The second-order valence-electron chi connectivity index (χ2n) is 6.31. The lowest BCUT2D eigenvalue weighted by atomic mass is 9.85. The quantitative estimate of drug-likeness (QED) is 0.625. The van der Waals surface area contributed by atoms with Gasteiger partial charge in [0.2, 0.25) is 0 Å². The van der Waals surface area contributed by atoms with Gasteiger partial charge in [0.05, 0.1) is 0 Å². The number of carbonyl (C=O) groups excluding carboxylic acids is 2. The van der Waals surface area contributed by atoms with E-state index in [9.17, 15) is 9.59 Å². The van der Waals surface area contributed by atoms with Crippen molar-refractivity contribution in [2.24, 2.45) is 0 Å². The zero-order valence-corrected chi connectivity index (χ0v) is 14.6. The van der Waals surface area contributed by atoms with Crippen LogP contribution in [0.5, 0.6) is 0 Å². The molecule has 1 unspecified atom stereocenters. The number of Topliss-reactive ketones (excluding diaryl/α,β-unsaturated/α-hetero) is 1. The summed E-state index contributed by atoms with van der Waals surface area (Å²) in [4.78, 5) is 29.4. The lowest BCUT2D eigenvalue weighted by Crippen LogP contribution is -2.18. The van der Waals surface area contributed by atoms with E-state index in [2.05, 4.69) is 4.98 Å². The maximum atomic E-state index is 12.9. The summed E-state index contributed by atoms with van der Waals surface area (Å²) < 4.78 is 0.